The Labute approximate surface area is 112 Å². The molecular formula is C13H21ClO2S. The molecule has 0 saturated heterocycles. The number of halogens is 1. The van der Waals surface area contributed by atoms with Crippen LogP contribution in [0, 0.1) is 23.2 Å². The minimum absolute atomic E-state index is 0.251. The van der Waals surface area contributed by atoms with Gasteiger partial charge in [0.25, 0.3) is 5.24 Å². The lowest BCUT2D eigenvalue weighted by Gasteiger charge is -2.35. The Kier molecular flexibility index (Phi) is 4.96. The van der Waals surface area contributed by atoms with Crippen LogP contribution in [0.5, 0.6) is 0 Å². The quantitative estimate of drug-likeness (QED) is 0.584. The second-order valence-corrected chi connectivity index (χ2v) is 6.87. The lowest BCUT2D eigenvalue weighted by molar-refractivity contribution is -0.106. The van der Waals surface area contributed by atoms with Crippen LogP contribution >= 0.6 is 11.6 Å². The summed E-state index contributed by atoms with van der Waals surface area (Å²) < 4.78 is 10.8. The summed E-state index contributed by atoms with van der Waals surface area (Å²) in [4.78, 5) is 11.3. The van der Waals surface area contributed by atoms with Crippen LogP contribution in [0.3, 0.4) is 0 Å². The van der Waals surface area contributed by atoms with Crippen LogP contribution in [-0.2, 0) is 16.1 Å². The predicted octanol–water partition coefficient (Wildman–Crippen LogP) is 3.24. The van der Waals surface area contributed by atoms with Crippen molar-refractivity contribution in [2.45, 2.75) is 47.0 Å². The molecule has 0 N–H and O–H groups in total. The fraction of sp³-hybridized carbons (Fsp3) is 0.846. The van der Waals surface area contributed by atoms with Crippen molar-refractivity contribution in [3.8, 4) is 0 Å². The monoisotopic (exact) mass is 276 g/mol. The molecule has 1 aliphatic rings. The Bertz CT molecular complexity index is 358. The molecule has 0 bridgehead atoms. The molecule has 2 nitrogen and oxygen atoms in total. The van der Waals surface area contributed by atoms with E-state index in [0.29, 0.717) is 24.2 Å². The van der Waals surface area contributed by atoms with E-state index in [9.17, 15) is 9.00 Å². The smallest absolute Gasteiger partial charge is 0.261 e. The maximum atomic E-state index is 11.1. The second kappa shape index (κ2) is 5.66. The van der Waals surface area contributed by atoms with Gasteiger partial charge in [-0.2, -0.15) is 0 Å². The molecule has 0 radical (unpaired) electrons. The van der Waals surface area contributed by atoms with Crippen LogP contribution in [0.2, 0.25) is 0 Å². The highest BCUT2D eigenvalue weighted by Crippen LogP contribution is 2.50. The molecule has 17 heavy (non-hydrogen) atoms. The molecule has 0 aromatic rings. The third-order valence-corrected chi connectivity index (χ3v) is 5.54. The van der Waals surface area contributed by atoms with Crippen molar-refractivity contribution in [1.29, 1.82) is 0 Å². The summed E-state index contributed by atoms with van der Waals surface area (Å²) in [5.41, 5.74) is 0.285. The van der Waals surface area contributed by atoms with Crippen molar-refractivity contribution in [3.63, 3.8) is 0 Å². The van der Waals surface area contributed by atoms with Gasteiger partial charge in [0.05, 0.1) is 11.3 Å². The van der Waals surface area contributed by atoms with E-state index in [0.717, 1.165) is 0 Å². The summed E-state index contributed by atoms with van der Waals surface area (Å²) in [7, 11) is 0. The lowest BCUT2D eigenvalue weighted by atomic mass is 9.70. The van der Waals surface area contributed by atoms with E-state index < -0.39 is 5.24 Å². The van der Waals surface area contributed by atoms with Crippen molar-refractivity contribution in [2.24, 2.45) is 23.2 Å². The predicted molar refractivity (Wildman–Crippen MR) is 73.5 cm³/mol. The molecule has 1 fully saturated rings. The SMILES string of the molecule is C[C@H](CC(=S=O)C(=O)Cl)[C@H]1CC[C@@H](C)C1(C)C. The van der Waals surface area contributed by atoms with Crippen LogP contribution in [0.15, 0.2) is 0 Å². The standard InChI is InChI=1S/C13H21ClO2S/c1-8(7-11(17-16)12(14)15)10-6-5-9(2)13(10,3)4/h8-10H,5-7H2,1-4H3/t8-,9-,10-/m1/s1. The normalized spacial score (nSPS) is 28.8. The summed E-state index contributed by atoms with van der Waals surface area (Å²) >= 11 is 5.65. The van der Waals surface area contributed by atoms with Gasteiger partial charge in [-0.1, -0.05) is 27.7 Å². The Morgan fingerprint density at radius 2 is 2.06 bits per heavy atom. The van der Waals surface area contributed by atoms with Crippen LogP contribution < -0.4 is 0 Å². The highest BCUT2D eigenvalue weighted by molar-refractivity contribution is 7.69. The van der Waals surface area contributed by atoms with Gasteiger partial charge in [-0.05, 0) is 54.0 Å². The second-order valence-electron chi connectivity index (χ2n) is 5.87. The van der Waals surface area contributed by atoms with Crippen molar-refractivity contribution < 1.29 is 9.00 Å². The van der Waals surface area contributed by atoms with Gasteiger partial charge < -0.3 is 0 Å². The van der Waals surface area contributed by atoms with E-state index in [2.05, 4.69) is 27.7 Å². The van der Waals surface area contributed by atoms with Crippen molar-refractivity contribution in [2.75, 3.05) is 0 Å². The van der Waals surface area contributed by atoms with Gasteiger partial charge in [-0.25, -0.2) is 4.21 Å². The number of rotatable bonds is 4. The van der Waals surface area contributed by atoms with E-state index in [1.54, 1.807) is 0 Å². The molecule has 0 aromatic heterocycles. The zero-order valence-electron chi connectivity index (χ0n) is 11.0. The zero-order valence-corrected chi connectivity index (χ0v) is 12.5. The van der Waals surface area contributed by atoms with Gasteiger partial charge in [0, 0.05) is 0 Å². The van der Waals surface area contributed by atoms with Crippen LogP contribution in [-0.4, -0.2) is 14.3 Å². The molecular weight excluding hydrogens is 256 g/mol. The first-order valence-corrected chi connectivity index (χ1v) is 7.28. The number of hydrogen-bond donors (Lipinski definition) is 0. The minimum Gasteiger partial charge on any atom is -0.275 e. The first-order chi connectivity index (χ1) is 7.80. The molecule has 4 heteroatoms. The first kappa shape index (κ1) is 14.9. The molecule has 98 valence electrons. The van der Waals surface area contributed by atoms with Crippen molar-refractivity contribution in [1.82, 2.24) is 0 Å². The van der Waals surface area contributed by atoms with E-state index >= 15 is 0 Å². The molecule has 0 unspecified atom stereocenters. The Morgan fingerprint density at radius 1 is 1.47 bits per heavy atom. The van der Waals surface area contributed by atoms with Crippen LogP contribution in [0.4, 0.5) is 0 Å². The molecule has 1 rings (SSSR count). The van der Waals surface area contributed by atoms with Crippen LogP contribution in [0.1, 0.15) is 47.0 Å². The third kappa shape index (κ3) is 3.19. The molecule has 0 amide bonds. The number of hydrogen-bond acceptors (Lipinski definition) is 2. The minimum atomic E-state index is -0.583. The first-order valence-electron chi connectivity index (χ1n) is 6.16. The molecule has 0 aromatic carbocycles. The lowest BCUT2D eigenvalue weighted by Crippen LogP contribution is -2.30. The van der Waals surface area contributed by atoms with E-state index in [1.165, 1.54) is 12.8 Å². The van der Waals surface area contributed by atoms with Crippen molar-refractivity contribution in [3.05, 3.63) is 0 Å². The Hall–Kier alpha value is -0.150. The molecule has 0 aliphatic heterocycles. The zero-order chi connectivity index (χ0) is 13.2. The molecule has 0 spiro atoms. The largest absolute Gasteiger partial charge is 0.275 e. The van der Waals surface area contributed by atoms with Gasteiger partial charge in [-0.3, -0.25) is 4.79 Å². The molecule has 3 atom stereocenters. The fourth-order valence-corrected chi connectivity index (χ4v) is 3.71. The fourth-order valence-electron chi connectivity index (χ4n) is 3.14. The molecule has 1 saturated carbocycles. The summed E-state index contributed by atoms with van der Waals surface area (Å²) in [6, 6.07) is 0. The van der Waals surface area contributed by atoms with Gasteiger partial charge in [-0.15, -0.1) is 0 Å². The van der Waals surface area contributed by atoms with Gasteiger partial charge in [0.1, 0.15) is 4.86 Å². The number of carbonyl (C=O) groups is 1. The van der Waals surface area contributed by atoms with Gasteiger partial charge >= 0.3 is 0 Å². The summed E-state index contributed by atoms with van der Waals surface area (Å²) in [6.07, 6.45) is 2.94. The van der Waals surface area contributed by atoms with Crippen LogP contribution in [0.25, 0.3) is 0 Å². The maximum absolute atomic E-state index is 11.1. The molecule has 1 aliphatic carbocycles. The Balaban J connectivity index is 2.75. The van der Waals surface area contributed by atoms with Crippen molar-refractivity contribution >= 4 is 33.0 Å². The average Bonchev–Trinajstić information content (AvgIpc) is 2.50. The topological polar surface area (TPSA) is 34.1 Å². The highest BCUT2D eigenvalue weighted by Gasteiger charge is 2.43. The van der Waals surface area contributed by atoms with E-state index in [-0.39, 0.29) is 21.5 Å². The summed E-state index contributed by atoms with van der Waals surface area (Å²) in [5, 5.41) is -0.583. The van der Waals surface area contributed by atoms with Gasteiger partial charge in [0.2, 0.25) is 0 Å². The maximum Gasteiger partial charge on any atom is 0.261 e. The number of carbonyl (C=O) groups excluding carboxylic acids is 1. The summed E-state index contributed by atoms with van der Waals surface area (Å²) in [5.74, 6) is 1.61. The molecule has 0 heterocycles. The van der Waals surface area contributed by atoms with E-state index in [1.807, 2.05) is 0 Å². The van der Waals surface area contributed by atoms with Gasteiger partial charge in [0.15, 0.2) is 0 Å². The third-order valence-electron chi connectivity index (χ3n) is 4.65. The van der Waals surface area contributed by atoms with E-state index in [4.69, 9.17) is 11.6 Å². The highest BCUT2D eigenvalue weighted by atomic mass is 35.5. The Morgan fingerprint density at radius 3 is 2.41 bits per heavy atom. The average molecular weight is 277 g/mol. The summed E-state index contributed by atoms with van der Waals surface area (Å²) in [6.45, 7) is 8.99.